The second-order valence-electron chi connectivity index (χ2n) is 5.73. The number of anilines is 2. The second kappa shape index (κ2) is 7.88. The Bertz CT molecular complexity index is 654. The molecule has 0 radical (unpaired) electrons. The lowest BCUT2D eigenvalue weighted by molar-refractivity contribution is -0.117. The third-order valence-electron chi connectivity index (χ3n) is 4.13. The number of benzene rings is 1. The zero-order valence-corrected chi connectivity index (χ0v) is 13.8. The van der Waals surface area contributed by atoms with Gasteiger partial charge in [-0.15, -0.1) is 0 Å². The molecule has 1 fully saturated rings. The molecule has 1 N–H and O–H groups in total. The van der Waals surface area contributed by atoms with Crippen molar-refractivity contribution in [2.24, 2.45) is 0 Å². The molecule has 3 rings (SSSR count). The maximum Gasteiger partial charge on any atom is 0.231 e. The van der Waals surface area contributed by atoms with Gasteiger partial charge in [0.1, 0.15) is 0 Å². The molecule has 1 atom stereocenters. The largest absolute Gasteiger partial charge is 0.378 e. The molecule has 1 aromatic carbocycles. The molecule has 24 heavy (non-hydrogen) atoms. The topological polar surface area (TPSA) is 67.4 Å². The van der Waals surface area contributed by atoms with Crippen LogP contribution in [0.4, 0.5) is 11.6 Å². The van der Waals surface area contributed by atoms with Crippen molar-refractivity contribution in [2.75, 3.05) is 36.5 Å². The van der Waals surface area contributed by atoms with Crippen LogP contribution in [0.25, 0.3) is 0 Å². The van der Waals surface area contributed by atoms with E-state index in [0.29, 0.717) is 24.8 Å². The number of carbonyl (C=O) groups excluding carboxylic acids is 1. The van der Waals surface area contributed by atoms with Gasteiger partial charge in [0.25, 0.3) is 0 Å². The van der Waals surface area contributed by atoms with E-state index in [1.165, 1.54) is 0 Å². The summed E-state index contributed by atoms with van der Waals surface area (Å²) in [6.07, 6.45) is 4.06. The number of nitrogens with zero attached hydrogens (tertiary/aromatic N) is 3. The molecule has 1 amide bonds. The Morgan fingerprint density at radius 2 is 1.88 bits per heavy atom. The van der Waals surface area contributed by atoms with Gasteiger partial charge >= 0.3 is 0 Å². The molecule has 0 spiro atoms. The van der Waals surface area contributed by atoms with Crippen molar-refractivity contribution in [1.29, 1.82) is 0 Å². The summed E-state index contributed by atoms with van der Waals surface area (Å²) in [7, 11) is 0. The molecule has 2 heterocycles. The average Bonchev–Trinajstić information content (AvgIpc) is 2.64. The summed E-state index contributed by atoms with van der Waals surface area (Å²) in [5.74, 6) is 0.461. The minimum atomic E-state index is -0.176. The highest BCUT2D eigenvalue weighted by atomic mass is 16.5. The van der Waals surface area contributed by atoms with Gasteiger partial charge in [0.2, 0.25) is 11.9 Å². The Morgan fingerprint density at radius 1 is 1.21 bits per heavy atom. The molecule has 126 valence electrons. The summed E-state index contributed by atoms with van der Waals surface area (Å²) in [5, 5.41) is 2.91. The Morgan fingerprint density at radius 3 is 2.50 bits per heavy atom. The fraction of sp³-hybridized carbons (Fsp3) is 0.389. The highest BCUT2D eigenvalue weighted by Gasteiger charge is 2.19. The molecule has 1 aliphatic heterocycles. The van der Waals surface area contributed by atoms with Gasteiger partial charge in [0.05, 0.1) is 37.2 Å². The molecule has 0 saturated carbocycles. The van der Waals surface area contributed by atoms with E-state index in [-0.39, 0.29) is 11.8 Å². The predicted molar refractivity (Wildman–Crippen MR) is 93.2 cm³/mol. The molecule has 1 aromatic heterocycles. The second-order valence-corrected chi connectivity index (χ2v) is 5.73. The van der Waals surface area contributed by atoms with Crippen LogP contribution in [0.5, 0.6) is 0 Å². The van der Waals surface area contributed by atoms with Gasteiger partial charge in [-0.3, -0.25) is 4.79 Å². The normalized spacial score (nSPS) is 15.8. The van der Waals surface area contributed by atoms with Crippen LogP contribution in [-0.2, 0) is 9.53 Å². The zero-order valence-electron chi connectivity index (χ0n) is 13.8. The highest BCUT2D eigenvalue weighted by molar-refractivity contribution is 5.95. The van der Waals surface area contributed by atoms with Crippen molar-refractivity contribution in [3.63, 3.8) is 0 Å². The average molecular weight is 326 g/mol. The zero-order chi connectivity index (χ0) is 16.8. The Hall–Kier alpha value is -2.47. The fourth-order valence-electron chi connectivity index (χ4n) is 2.80. The monoisotopic (exact) mass is 326 g/mol. The predicted octanol–water partition coefficient (Wildman–Crippen LogP) is 2.45. The lowest BCUT2D eigenvalue weighted by Gasteiger charge is -2.26. The highest BCUT2D eigenvalue weighted by Crippen LogP contribution is 2.21. The van der Waals surface area contributed by atoms with Gasteiger partial charge in [0.15, 0.2) is 0 Å². The van der Waals surface area contributed by atoms with Crippen molar-refractivity contribution in [1.82, 2.24) is 9.97 Å². The SMILES string of the molecule is CC[C@@H](C(=O)Nc1cnc(N2CCOCC2)nc1)c1ccccc1. The standard InChI is InChI=1S/C18H22N4O2/c1-2-16(14-6-4-3-5-7-14)17(23)21-15-12-19-18(20-13-15)22-8-10-24-11-9-22/h3-7,12-13,16H,2,8-11H2,1H3,(H,21,23)/t16-/m1/s1. The van der Waals surface area contributed by atoms with Crippen LogP contribution in [0, 0.1) is 0 Å². The lowest BCUT2D eigenvalue weighted by Crippen LogP contribution is -2.37. The fourth-order valence-corrected chi connectivity index (χ4v) is 2.80. The van der Waals surface area contributed by atoms with Crippen LogP contribution in [0.2, 0.25) is 0 Å². The van der Waals surface area contributed by atoms with E-state index >= 15 is 0 Å². The Kier molecular flexibility index (Phi) is 5.38. The quantitative estimate of drug-likeness (QED) is 0.914. The first-order chi connectivity index (χ1) is 11.8. The first-order valence-corrected chi connectivity index (χ1v) is 8.28. The molecular weight excluding hydrogens is 304 g/mol. The van der Waals surface area contributed by atoms with Crippen LogP contribution in [-0.4, -0.2) is 42.2 Å². The van der Waals surface area contributed by atoms with Gasteiger partial charge in [-0.05, 0) is 12.0 Å². The summed E-state index contributed by atoms with van der Waals surface area (Å²) >= 11 is 0. The molecule has 0 aliphatic carbocycles. The number of morpholine rings is 1. The molecule has 6 heteroatoms. The maximum atomic E-state index is 12.5. The van der Waals surface area contributed by atoms with Crippen LogP contribution in [0.1, 0.15) is 24.8 Å². The lowest BCUT2D eigenvalue weighted by atomic mass is 9.95. The number of ether oxygens (including phenoxy) is 1. The van der Waals surface area contributed by atoms with Crippen molar-refractivity contribution in [3.05, 3.63) is 48.3 Å². The first kappa shape index (κ1) is 16.4. The van der Waals surface area contributed by atoms with Gasteiger partial charge in [-0.2, -0.15) is 0 Å². The van der Waals surface area contributed by atoms with Gasteiger partial charge < -0.3 is 15.0 Å². The van der Waals surface area contributed by atoms with Crippen LogP contribution in [0.3, 0.4) is 0 Å². The van der Waals surface area contributed by atoms with E-state index in [2.05, 4.69) is 20.2 Å². The van der Waals surface area contributed by atoms with E-state index < -0.39 is 0 Å². The summed E-state index contributed by atoms with van der Waals surface area (Å²) in [6, 6.07) is 9.81. The number of nitrogens with one attached hydrogen (secondary N) is 1. The van der Waals surface area contributed by atoms with Crippen molar-refractivity contribution in [2.45, 2.75) is 19.3 Å². The number of carbonyl (C=O) groups is 1. The van der Waals surface area contributed by atoms with E-state index in [0.717, 1.165) is 25.1 Å². The van der Waals surface area contributed by atoms with Gasteiger partial charge in [0, 0.05) is 13.1 Å². The minimum Gasteiger partial charge on any atom is -0.378 e. The molecule has 1 saturated heterocycles. The molecule has 2 aromatic rings. The van der Waals surface area contributed by atoms with Crippen molar-refractivity contribution >= 4 is 17.5 Å². The van der Waals surface area contributed by atoms with E-state index in [1.807, 2.05) is 37.3 Å². The molecule has 0 unspecified atom stereocenters. The molecule has 6 nitrogen and oxygen atoms in total. The molecule has 0 bridgehead atoms. The van der Waals surface area contributed by atoms with Crippen LogP contribution < -0.4 is 10.2 Å². The molecule has 1 aliphatic rings. The summed E-state index contributed by atoms with van der Waals surface area (Å²) in [5.41, 5.74) is 1.63. The van der Waals surface area contributed by atoms with E-state index in [4.69, 9.17) is 4.74 Å². The first-order valence-electron chi connectivity index (χ1n) is 8.28. The Balaban J connectivity index is 1.65. The van der Waals surface area contributed by atoms with Crippen molar-refractivity contribution < 1.29 is 9.53 Å². The number of rotatable bonds is 5. The summed E-state index contributed by atoms with van der Waals surface area (Å²) < 4.78 is 5.32. The number of aromatic nitrogens is 2. The minimum absolute atomic E-state index is 0.0357. The van der Waals surface area contributed by atoms with Gasteiger partial charge in [-0.1, -0.05) is 37.3 Å². The van der Waals surface area contributed by atoms with Crippen molar-refractivity contribution in [3.8, 4) is 0 Å². The summed E-state index contributed by atoms with van der Waals surface area (Å²) in [6.45, 7) is 4.97. The van der Waals surface area contributed by atoms with Crippen LogP contribution >= 0.6 is 0 Å². The number of hydrogen-bond donors (Lipinski definition) is 1. The third-order valence-corrected chi connectivity index (χ3v) is 4.13. The number of amides is 1. The molecular formula is C18H22N4O2. The third kappa shape index (κ3) is 3.89. The number of hydrogen-bond acceptors (Lipinski definition) is 5. The van der Waals surface area contributed by atoms with E-state index in [1.54, 1.807) is 12.4 Å². The summed E-state index contributed by atoms with van der Waals surface area (Å²) in [4.78, 5) is 23.3. The smallest absolute Gasteiger partial charge is 0.231 e. The maximum absolute atomic E-state index is 12.5. The van der Waals surface area contributed by atoms with E-state index in [9.17, 15) is 4.79 Å². The van der Waals surface area contributed by atoms with Crippen LogP contribution in [0.15, 0.2) is 42.7 Å². The van der Waals surface area contributed by atoms with Gasteiger partial charge in [-0.25, -0.2) is 9.97 Å². The Labute approximate surface area is 141 Å².